The van der Waals surface area contributed by atoms with Crippen LogP contribution in [-0.2, 0) is 0 Å². The Morgan fingerprint density at radius 1 is 0.882 bits per heavy atom. The summed E-state index contributed by atoms with van der Waals surface area (Å²) in [7, 11) is 0. The van der Waals surface area contributed by atoms with Crippen LogP contribution in [0.2, 0.25) is 0 Å². The number of hydrogen-bond acceptors (Lipinski definition) is 2. The van der Waals surface area contributed by atoms with Crippen LogP contribution in [0.3, 0.4) is 0 Å². The van der Waals surface area contributed by atoms with Crippen molar-refractivity contribution in [2.24, 2.45) is 5.16 Å². The summed E-state index contributed by atoms with van der Waals surface area (Å²) in [5.74, 6) is 0. The molecule has 0 radical (unpaired) electrons. The molecule has 0 aliphatic rings. The molecule has 0 aliphatic carbocycles. The lowest BCUT2D eigenvalue weighted by Gasteiger charge is -1.98. The number of hydrogen-bond donors (Lipinski definition) is 1. The first-order valence-electron chi connectivity index (χ1n) is 5.64. The van der Waals surface area contributed by atoms with Crippen LogP contribution in [0, 0.1) is 0 Å². The molecule has 2 rings (SSSR count). The van der Waals surface area contributed by atoms with Crippen molar-refractivity contribution in [1.82, 2.24) is 0 Å². The predicted octanol–water partition coefficient (Wildman–Crippen LogP) is 4.21. The van der Waals surface area contributed by atoms with Gasteiger partial charge < -0.3 is 5.21 Å². The van der Waals surface area contributed by atoms with E-state index in [1.165, 1.54) is 17.3 Å². The Balaban J connectivity index is 0.000000249. The molecule has 0 aromatic heterocycles. The van der Waals surface area contributed by atoms with Crippen LogP contribution in [0.15, 0.2) is 65.8 Å². The van der Waals surface area contributed by atoms with Crippen LogP contribution in [0.4, 0.5) is 0 Å². The lowest BCUT2D eigenvalue weighted by atomic mass is 10.1. The third-order valence-electron chi connectivity index (χ3n) is 2.15. The van der Waals surface area contributed by atoms with Crippen molar-refractivity contribution in [3.63, 3.8) is 0 Å². The van der Waals surface area contributed by atoms with Crippen molar-refractivity contribution < 1.29 is 5.21 Å². The second kappa shape index (κ2) is 8.11. The minimum absolute atomic E-state index is 0.802. The molecule has 0 spiro atoms. The normalized spacial score (nSPS) is 9.71. The fourth-order valence-electron chi connectivity index (χ4n) is 1.34. The third-order valence-corrected chi connectivity index (χ3v) is 2.15. The van der Waals surface area contributed by atoms with Crippen LogP contribution in [0.5, 0.6) is 0 Å². The fraction of sp³-hybridized carbons (Fsp3) is 0.133. The highest BCUT2D eigenvalue weighted by Crippen LogP contribution is 2.17. The van der Waals surface area contributed by atoms with Gasteiger partial charge >= 0.3 is 0 Å². The first kappa shape index (κ1) is 13.0. The maximum absolute atomic E-state index is 7.64. The summed E-state index contributed by atoms with van der Waals surface area (Å²) in [6, 6.07) is 20.8. The van der Waals surface area contributed by atoms with E-state index < -0.39 is 0 Å². The van der Waals surface area contributed by atoms with Gasteiger partial charge in [0.25, 0.3) is 0 Å². The maximum Gasteiger partial charge on any atom is 0.0433 e. The van der Waals surface area contributed by atoms with Crippen LogP contribution < -0.4 is 0 Å². The quantitative estimate of drug-likeness (QED) is 0.465. The van der Waals surface area contributed by atoms with E-state index in [0.29, 0.717) is 0 Å². The molecule has 0 fully saturated rings. The molecule has 2 nitrogen and oxygen atoms in total. The van der Waals surface area contributed by atoms with Crippen molar-refractivity contribution in [2.75, 3.05) is 0 Å². The molecule has 88 valence electrons. The Morgan fingerprint density at radius 2 is 1.29 bits per heavy atom. The average molecular weight is 227 g/mol. The predicted molar refractivity (Wildman–Crippen MR) is 72.4 cm³/mol. The van der Waals surface area contributed by atoms with Crippen molar-refractivity contribution in [1.29, 1.82) is 0 Å². The van der Waals surface area contributed by atoms with Gasteiger partial charge in [0.05, 0.1) is 0 Å². The minimum Gasteiger partial charge on any atom is -0.411 e. The minimum atomic E-state index is 0.802. The summed E-state index contributed by atoms with van der Waals surface area (Å²) in [5.41, 5.74) is 2.55. The summed E-state index contributed by atoms with van der Waals surface area (Å²) in [4.78, 5) is 0. The molecule has 0 saturated heterocycles. The number of oxime groups is 1. The first-order valence-corrected chi connectivity index (χ1v) is 5.64. The zero-order valence-corrected chi connectivity index (χ0v) is 9.95. The van der Waals surface area contributed by atoms with Gasteiger partial charge in [-0.3, -0.25) is 0 Å². The zero-order valence-electron chi connectivity index (χ0n) is 9.95. The van der Waals surface area contributed by atoms with Crippen molar-refractivity contribution >= 4 is 6.21 Å². The van der Waals surface area contributed by atoms with Gasteiger partial charge in [-0.15, -0.1) is 5.16 Å². The average Bonchev–Trinajstić information content (AvgIpc) is 2.42. The Hall–Kier alpha value is -2.09. The van der Waals surface area contributed by atoms with E-state index in [-0.39, 0.29) is 0 Å². The van der Waals surface area contributed by atoms with Crippen LogP contribution in [0.1, 0.15) is 13.3 Å². The number of rotatable bonds is 2. The lowest BCUT2D eigenvalue weighted by Crippen LogP contribution is -1.73. The lowest BCUT2D eigenvalue weighted by molar-refractivity contribution is 0.320. The Morgan fingerprint density at radius 3 is 1.53 bits per heavy atom. The van der Waals surface area contributed by atoms with Crippen LogP contribution >= 0.6 is 0 Å². The first-order chi connectivity index (χ1) is 8.38. The van der Waals surface area contributed by atoms with E-state index in [0.717, 1.165) is 6.42 Å². The summed E-state index contributed by atoms with van der Waals surface area (Å²) >= 11 is 0. The molecule has 0 aliphatic heterocycles. The highest BCUT2D eigenvalue weighted by molar-refractivity contribution is 5.62. The molecule has 0 heterocycles. The molecular formula is C15H17NO. The second-order valence-corrected chi connectivity index (χ2v) is 3.44. The Labute approximate surface area is 102 Å². The smallest absolute Gasteiger partial charge is 0.0433 e. The number of benzene rings is 2. The largest absolute Gasteiger partial charge is 0.411 e. The molecule has 0 saturated carbocycles. The fourth-order valence-corrected chi connectivity index (χ4v) is 1.34. The van der Waals surface area contributed by atoms with Gasteiger partial charge in [0.1, 0.15) is 0 Å². The Bertz CT molecular complexity index is 386. The van der Waals surface area contributed by atoms with E-state index in [4.69, 9.17) is 5.21 Å². The summed E-state index contributed by atoms with van der Waals surface area (Å²) in [6.45, 7) is 1.90. The molecule has 0 amide bonds. The van der Waals surface area contributed by atoms with Crippen LogP contribution in [0.25, 0.3) is 11.1 Å². The molecule has 1 N–H and O–H groups in total. The standard InChI is InChI=1S/C12H10.C3H7NO/c1-3-7-11(8-4-1)12-9-5-2-6-10-12;1-2-3-4-5/h1-10H;3,5H,2H2,1H3. The second-order valence-electron chi connectivity index (χ2n) is 3.44. The molecule has 0 unspecified atom stereocenters. The molecule has 2 heteroatoms. The third kappa shape index (κ3) is 4.98. The molecule has 0 bridgehead atoms. The molecule has 17 heavy (non-hydrogen) atoms. The van der Waals surface area contributed by atoms with E-state index in [1.807, 2.05) is 19.1 Å². The molecule has 2 aromatic rings. The van der Waals surface area contributed by atoms with Gasteiger partial charge in [-0.25, -0.2) is 0 Å². The number of nitrogens with zero attached hydrogens (tertiary/aromatic N) is 1. The SMILES string of the molecule is CCC=NO.c1ccc(-c2ccccc2)cc1. The van der Waals surface area contributed by atoms with Crippen LogP contribution in [-0.4, -0.2) is 11.4 Å². The van der Waals surface area contributed by atoms with Gasteiger partial charge in [0.15, 0.2) is 0 Å². The zero-order chi connectivity index (χ0) is 12.3. The van der Waals surface area contributed by atoms with E-state index in [1.54, 1.807) is 0 Å². The summed E-state index contributed by atoms with van der Waals surface area (Å²) in [6.07, 6.45) is 2.23. The van der Waals surface area contributed by atoms with Gasteiger partial charge in [-0.2, -0.15) is 0 Å². The molecular weight excluding hydrogens is 210 g/mol. The van der Waals surface area contributed by atoms with Gasteiger partial charge in [-0.05, 0) is 17.5 Å². The topological polar surface area (TPSA) is 32.6 Å². The van der Waals surface area contributed by atoms with Gasteiger partial charge in [0.2, 0.25) is 0 Å². The maximum atomic E-state index is 7.64. The molecule has 2 aromatic carbocycles. The van der Waals surface area contributed by atoms with Gasteiger partial charge in [0, 0.05) is 6.21 Å². The Kier molecular flexibility index (Phi) is 6.19. The molecule has 0 atom stereocenters. The summed E-state index contributed by atoms with van der Waals surface area (Å²) < 4.78 is 0. The van der Waals surface area contributed by atoms with Crippen molar-refractivity contribution in [2.45, 2.75) is 13.3 Å². The van der Waals surface area contributed by atoms with Crippen molar-refractivity contribution in [3.8, 4) is 11.1 Å². The van der Waals surface area contributed by atoms with E-state index in [9.17, 15) is 0 Å². The highest BCUT2D eigenvalue weighted by Gasteiger charge is 1.91. The monoisotopic (exact) mass is 227 g/mol. The van der Waals surface area contributed by atoms with Crippen molar-refractivity contribution in [3.05, 3.63) is 60.7 Å². The summed E-state index contributed by atoms with van der Waals surface area (Å²) in [5, 5.41) is 10.4. The van der Waals surface area contributed by atoms with Gasteiger partial charge in [-0.1, -0.05) is 67.6 Å². The highest BCUT2D eigenvalue weighted by atomic mass is 16.4. The van der Waals surface area contributed by atoms with E-state index >= 15 is 0 Å². The van der Waals surface area contributed by atoms with E-state index in [2.05, 4.69) is 53.7 Å².